The van der Waals surface area contributed by atoms with E-state index in [1.54, 1.807) is 22.8 Å². The van der Waals surface area contributed by atoms with Crippen molar-refractivity contribution in [3.63, 3.8) is 0 Å². The Labute approximate surface area is 160 Å². The van der Waals surface area contributed by atoms with Gasteiger partial charge in [-0.25, -0.2) is 0 Å². The van der Waals surface area contributed by atoms with Crippen LogP contribution in [0.3, 0.4) is 0 Å². The third-order valence-corrected chi connectivity index (χ3v) is 5.00. The first-order chi connectivity index (χ1) is 11.0. The summed E-state index contributed by atoms with van der Waals surface area (Å²) in [7, 11) is 3.59. The summed E-state index contributed by atoms with van der Waals surface area (Å²) in [5.41, 5.74) is 6.96. The van der Waals surface area contributed by atoms with Gasteiger partial charge in [-0.05, 0) is 25.2 Å². The van der Waals surface area contributed by atoms with E-state index < -0.39 is 0 Å². The maximum atomic E-state index is 12.7. The van der Waals surface area contributed by atoms with Crippen molar-refractivity contribution in [3.8, 4) is 0 Å². The SMILES string of the molecule is CN1C(=O)CCC(C(=O)NCC(N)C2CC2)C1c1cnn(C)c1.Cl.Cl. The Balaban J connectivity index is 0.00000156. The lowest BCUT2D eigenvalue weighted by atomic mass is 9.85. The molecule has 7 nitrogen and oxygen atoms in total. The number of nitrogens with zero attached hydrogens (tertiary/aromatic N) is 3. The molecule has 2 amide bonds. The van der Waals surface area contributed by atoms with Crippen LogP contribution in [-0.2, 0) is 16.6 Å². The fourth-order valence-electron chi connectivity index (χ4n) is 3.40. The van der Waals surface area contributed by atoms with Gasteiger partial charge in [0.2, 0.25) is 11.8 Å². The summed E-state index contributed by atoms with van der Waals surface area (Å²) in [6.45, 7) is 0.511. The number of nitrogens with one attached hydrogen (secondary N) is 1. The second kappa shape index (κ2) is 8.87. The Kier molecular flexibility index (Phi) is 7.71. The quantitative estimate of drug-likeness (QED) is 0.783. The number of carbonyl (C=O) groups excluding carboxylic acids is 2. The van der Waals surface area contributed by atoms with E-state index in [4.69, 9.17) is 5.73 Å². The molecule has 0 bridgehead atoms. The van der Waals surface area contributed by atoms with Crippen LogP contribution in [0.25, 0.3) is 0 Å². The second-order valence-electron chi connectivity index (χ2n) is 6.79. The van der Waals surface area contributed by atoms with E-state index in [2.05, 4.69) is 10.4 Å². The highest BCUT2D eigenvalue weighted by Crippen LogP contribution is 2.36. The van der Waals surface area contributed by atoms with Gasteiger partial charge in [0.15, 0.2) is 0 Å². The summed E-state index contributed by atoms with van der Waals surface area (Å²) in [5, 5.41) is 7.16. The Morgan fingerprint density at radius 3 is 2.60 bits per heavy atom. The highest BCUT2D eigenvalue weighted by Gasteiger charge is 2.39. The van der Waals surface area contributed by atoms with Crippen LogP contribution in [0.4, 0.5) is 0 Å². The lowest BCUT2D eigenvalue weighted by Crippen LogP contribution is -2.48. The van der Waals surface area contributed by atoms with Crippen molar-refractivity contribution in [1.29, 1.82) is 0 Å². The zero-order chi connectivity index (χ0) is 16.6. The van der Waals surface area contributed by atoms with Gasteiger partial charge in [-0.2, -0.15) is 5.10 Å². The van der Waals surface area contributed by atoms with Crippen molar-refractivity contribution >= 4 is 36.6 Å². The van der Waals surface area contributed by atoms with Gasteiger partial charge >= 0.3 is 0 Å². The molecule has 2 fully saturated rings. The number of hydrogen-bond acceptors (Lipinski definition) is 4. The molecular formula is C16H27Cl2N5O2. The smallest absolute Gasteiger partial charge is 0.225 e. The van der Waals surface area contributed by atoms with Crippen LogP contribution in [0, 0.1) is 11.8 Å². The topological polar surface area (TPSA) is 93.2 Å². The van der Waals surface area contributed by atoms with Crippen LogP contribution in [0.1, 0.15) is 37.3 Å². The minimum atomic E-state index is -0.262. The largest absolute Gasteiger partial charge is 0.354 e. The molecule has 3 rings (SSSR count). The lowest BCUT2D eigenvalue weighted by molar-refractivity contribution is -0.141. The van der Waals surface area contributed by atoms with Gasteiger partial charge in [0, 0.05) is 44.9 Å². The van der Waals surface area contributed by atoms with Crippen LogP contribution < -0.4 is 11.1 Å². The van der Waals surface area contributed by atoms with Crippen LogP contribution in [0.2, 0.25) is 0 Å². The lowest BCUT2D eigenvalue weighted by Gasteiger charge is -2.37. The molecule has 1 saturated heterocycles. The van der Waals surface area contributed by atoms with Crippen molar-refractivity contribution in [1.82, 2.24) is 20.0 Å². The van der Waals surface area contributed by atoms with Crippen molar-refractivity contribution in [2.75, 3.05) is 13.6 Å². The van der Waals surface area contributed by atoms with E-state index in [9.17, 15) is 9.59 Å². The normalized spacial score (nSPS) is 24.1. The second-order valence-corrected chi connectivity index (χ2v) is 6.79. The van der Waals surface area contributed by atoms with Gasteiger partial charge in [0.05, 0.1) is 18.2 Å². The molecule has 1 aliphatic heterocycles. The van der Waals surface area contributed by atoms with E-state index in [0.717, 1.165) is 18.4 Å². The Morgan fingerprint density at radius 1 is 1.36 bits per heavy atom. The molecule has 9 heteroatoms. The molecule has 25 heavy (non-hydrogen) atoms. The van der Waals surface area contributed by atoms with Crippen LogP contribution in [-0.4, -0.2) is 46.1 Å². The molecule has 0 spiro atoms. The Morgan fingerprint density at radius 2 is 2.04 bits per heavy atom. The Hall–Kier alpha value is -1.31. The highest BCUT2D eigenvalue weighted by atomic mass is 35.5. The molecule has 1 saturated carbocycles. The van der Waals surface area contributed by atoms with Gasteiger partial charge in [0.25, 0.3) is 0 Å². The zero-order valence-electron chi connectivity index (χ0n) is 14.6. The van der Waals surface area contributed by atoms with Crippen molar-refractivity contribution in [2.24, 2.45) is 24.6 Å². The maximum Gasteiger partial charge on any atom is 0.225 e. The maximum absolute atomic E-state index is 12.7. The van der Waals surface area contributed by atoms with E-state index in [-0.39, 0.29) is 54.6 Å². The predicted octanol–water partition coefficient (Wildman–Crippen LogP) is 1.03. The molecule has 0 aromatic carbocycles. The number of piperidine rings is 1. The average molecular weight is 392 g/mol. The molecule has 1 aromatic rings. The summed E-state index contributed by atoms with van der Waals surface area (Å²) < 4.78 is 1.69. The minimum Gasteiger partial charge on any atom is -0.354 e. The monoisotopic (exact) mass is 391 g/mol. The first-order valence-corrected chi connectivity index (χ1v) is 8.25. The van der Waals surface area contributed by atoms with Crippen LogP contribution in [0.5, 0.6) is 0 Å². The van der Waals surface area contributed by atoms with E-state index in [1.807, 2.05) is 13.2 Å². The molecule has 2 heterocycles. The van der Waals surface area contributed by atoms with Crippen molar-refractivity contribution in [3.05, 3.63) is 18.0 Å². The third kappa shape index (κ3) is 4.86. The van der Waals surface area contributed by atoms with Gasteiger partial charge in [-0.15, -0.1) is 24.8 Å². The van der Waals surface area contributed by atoms with Gasteiger partial charge < -0.3 is 16.0 Å². The van der Waals surface area contributed by atoms with E-state index >= 15 is 0 Å². The van der Waals surface area contributed by atoms with Crippen molar-refractivity contribution in [2.45, 2.75) is 37.8 Å². The van der Waals surface area contributed by atoms with Gasteiger partial charge in [-0.1, -0.05) is 0 Å². The number of carbonyl (C=O) groups is 2. The Bertz CT molecular complexity index is 605. The van der Waals surface area contributed by atoms with E-state index in [0.29, 0.717) is 25.3 Å². The number of halogens is 2. The average Bonchev–Trinajstić information content (AvgIpc) is 3.29. The summed E-state index contributed by atoms with van der Waals surface area (Å²) in [6.07, 6.45) is 6.89. The molecule has 2 aliphatic rings. The molecule has 0 radical (unpaired) electrons. The molecule has 142 valence electrons. The summed E-state index contributed by atoms with van der Waals surface area (Å²) in [4.78, 5) is 26.4. The number of nitrogens with two attached hydrogens (primary N) is 1. The number of aryl methyl sites for hydroxylation is 1. The molecular weight excluding hydrogens is 365 g/mol. The number of hydrogen-bond donors (Lipinski definition) is 2. The summed E-state index contributed by atoms with van der Waals surface area (Å²) in [5.74, 6) is 0.347. The highest BCUT2D eigenvalue weighted by molar-refractivity contribution is 5.86. The van der Waals surface area contributed by atoms with Crippen LogP contribution in [0.15, 0.2) is 12.4 Å². The zero-order valence-corrected chi connectivity index (χ0v) is 16.2. The minimum absolute atomic E-state index is 0. The van der Waals surface area contributed by atoms with Crippen LogP contribution >= 0.6 is 24.8 Å². The molecule has 1 aromatic heterocycles. The molecule has 3 N–H and O–H groups in total. The number of amides is 2. The summed E-state index contributed by atoms with van der Waals surface area (Å²) >= 11 is 0. The standard InChI is InChI=1S/C16H25N5O2.2ClH/c1-20-9-11(7-19-20)15-12(5-6-14(22)21(15)2)16(23)18-8-13(17)10-3-4-10;;/h7,9-10,12-13,15H,3-6,8,17H2,1-2H3,(H,18,23);2*1H. The molecule has 3 unspecified atom stereocenters. The van der Waals surface area contributed by atoms with Gasteiger partial charge in [0.1, 0.15) is 0 Å². The summed E-state index contributed by atoms with van der Waals surface area (Å²) in [6, 6.07) is -0.221. The van der Waals surface area contributed by atoms with Crippen molar-refractivity contribution < 1.29 is 9.59 Å². The fourth-order valence-corrected chi connectivity index (χ4v) is 3.40. The molecule has 3 atom stereocenters. The predicted molar refractivity (Wildman–Crippen MR) is 99.6 cm³/mol. The number of rotatable bonds is 5. The fraction of sp³-hybridized carbons (Fsp3) is 0.688. The van der Waals surface area contributed by atoms with E-state index in [1.165, 1.54) is 0 Å². The molecule has 1 aliphatic carbocycles. The number of likely N-dealkylation sites (tertiary alicyclic amines) is 1. The van der Waals surface area contributed by atoms with Gasteiger partial charge in [-0.3, -0.25) is 14.3 Å². The first kappa shape index (κ1) is 21.7. The number of aromatic nitrogens is 2. The first-order valence-electron chi connectivity index (χ1n) is 8.25. The third-order valence-electron chi connectivity index (χ3n) is 5.00.